The summed E-state index contributed by atoms with van der Waals surface area (Å²) in [5.41, 5.74) is 3.01. The van der Waals surface area contributed by atoms with Crippen LogP contribution < -0.4 is 4.72 Å². The zero-order valence-corrected chi connectivity index (χ0v) is 19.8. The van der Waals surface area contributed by atoms with E-state index < -0.39 is 16.1 Å². The largest absolute Gasteiger partial charge is 0.341 e. The summed E-state index contributed by atoms with van der Waals surface area (Å²) in [7, 11) is -3.82. The molecule has 2 N–H and O–H groups in total. The lowest BCUT2D eigenvalue weighted by Gasteiger charge is -2.17. The third-order valence-corrected chi connectivity index (χ3v) is 7.39. The van der Waals surface area contributed by atoms with Crippen LogP contribution in [0.25, 0.3) is 22.3 Å². The van der Waals surface area contributed by atoms with Crippen molar-refractivity contribution < 1.29 is 13.2 Å². The van der Waals surface area contributed by atoms with Crippen LogP contribution in [0.15, 0.2) is 59.6 Å². The summed E-state index contributed by atoms with van der Waals surface area (Å²) in [6.07, 6.45) is 5.19. The van der Waals surface area contributed by atoms with E-state index in [0.717, 1.165) is 42.2 Å². The summed E-state index contributed by atoms with van der Waals surface area (Å²) in [4.78, 5) is 19.1. The number of imidazole rings is 1. The van der Waals surface area contributed by atoms with E-state index in [0.29, 0.717) is 29.7 Å². The highest BCUT2D eigenvalue weighted by Crippen LogP contribution is 2.25. The minimum Gasteiger partial charge on any atom is -0.341 e. The molecule has 0 bridgehead atoms. The van der Waals surface area contributed by atoms with E-state index in [1.54, 1.807) is 19.2 Å². The molecule has 0 aliphatic heterocycles. The predicted octanol–water partition coefficient (Wildman–Crippen LogP) is 4.64. The second-order valence-electron chi connectivity index (χ2n) is 7.94. The number of carbonyl (C=O) groups excluding carboxylic acids is 1. The number of fused-ring (bicyclic) bond motifs is 1. The summed E-state index contributed by atoms with van der Waals surface area (Å²) in [5, 5.41) is 0. The number of Topliss-reactive ketones (excluding diaryl/α,β-unsaturated/α-hetero) is 1. The molecule has 8 nitrogen and oxygen atoms in total. The molecule has 0 aliphatic carbocycles. The number of benzene rings is 2. The molecule has 0 aliphatic rings. The van der Waals surface area contributed by atoms with Crippen molar-refractivity contribution in [3.8, 4) is 11.3 Å². The van der Waals surface area contributed by atoms with Crippen LogP contribution >= 0.6 is 11.7 Å². The smallest absolute Gasteiger partial charge is 0.241 e. The molecule has 0 saturated heterocycles. The molecule has 0 radical (unpaired) electrons. The topological polar surface area (TPSA) is 118 Å². The number of ketones is 1. The van der Waals surface area contributed by atoms with Gasteiger partial charge in [-0.25, -0.2) is 18.1 Å². The van der Waals surface area contributed by atoms with Gasteiger partial charge in [-0.15, -0.1) is 0 Å². The molecule has 0 fully saturated rings. The summed E-state index contributed by atoms with van der Waals surface area (Å²) in [6.45, 7) is 1.58. The van der Waals surface area contributed by atoms with Crippen LogP contribution in [0.1, 0.15) is 50.9 Å². The molecule has 0 spiro atoms. The van der Waals surface area contributed by atoms with Crippen LogP contribution in [0, 0.1) is 0 Å². The van der Waals surface area contributed by atoms with Crippen molar-refractivity contribution in [3.05, 3.63) is 60.6 Å². The summed E-state index contributed by atoms with van der Waals surface area (Å²) < 4.78 is 37.5. The Morgan fingerprint density at radius 1 is 1.06 bits per heavy atom. The standard InChI is InChI=1S/C23H25N5O3S2/c1-16(29)8-4-2-7-11-20(23-24-15-22(25-23)17-9-5-3-6-10-17)28-33(30,31)18-12-13-19-21(14-18)27-32-26-19/h3,5-6,9-10,12-15,20,28H,2,4,7-8,11H2,1H3,(H,24,25)/t20-/m0/s1. The Bertz CT molecular complexity index is 1330. The van der Waals surface area contributed by atoms with Gasteiger partial charge in [-0.1, -0.05) is 43.2 Å². The molecule has 1 atom stereocenters. The molecular weight excluding hydrogens is 458 g/mol. The van der Waals surface area contributed by atoms with Crippen molar-refractivity contribution in [2.75, 3.05) is 0 Å². The number of nitrogens with zero attached hydrogens (tertiary/aromatic N) is 3. The van der Waals surface area contributed by atoms with Crippen LogP contribution in [0.4, 0.5) is 0 Å². The molecule has 33 heavy (non-hydrogen) atoms. The lowest BCUT2D eigenvalue weighted by Crippen LogP contribution is -2.29. The maximum atomic E-state index is 13.2. The third-order valence-electron chi connectivity index (χ3n) is 5.36. The Morgan fingerprint density at radius 3 is 2.64 bits per heavy atom. The second kappa shape index (κ2) is 10.3. The van der Waals surface area contributed by atoms with Crippen LogP contribution in [-0.2, 0) is 14.8 Å². The number of carbonyl (C=O) groups is 1. The highest BCUT2D eigenvalue weighted by molar-refractivity contribution is 7.89. The van der Waals surface area contributed by atoms with Crippen molar-refractivity contribution in [3.63, 3.8) is 0 Å². The number of H-pyrrole nitrogens is 1. The number of sulfonamides is 1. The molecule has 2 aromatic heterocycles. The zero-order valence-electron chi connectivity index (χ0n) is 18.2. The van der Waals surface area contributed by atoms with Gasteiger partial charge >= 0.3 is 0 Å². The molecule has 0 unspecified atom stereocenters. The molecular formula is C23H25N5O3S2. The number of aromatic nitrogens is 4. The zero-order chi connectivity index (χ0) is 23.3. The van der Waals surface area contributed by atoms with Gasteiger partial charge in [-0.2, -0.15) is 8.75 Å². The third kappa shape index (κ3) is 5.89. The van der Waals surface area contributed by atoms with Gasteiger partial charge in [0.1, 0.15) is 22.6 Å². The van der Waals surface area contributed by atoms with Gasteiger partial charge in [0, 0.05) is 6.42 Å². The van der Waals surface area contributed by atoms with Gasteiger partial charge in [0.15, 0.2) is 0 Å². The lowest BCUT2D eigenvalue weighted by molar-refractivity contribution is -0.117. The van der Waals surface area contributed by atoms with Crippen LogP contribution in [-0.4, -0.2) is 32.9 Å². The van der Waals surface area contributed by atoms with Crippen molar-refractivity contribution in [2.45, 2.75) is 50.0 Å². The number of rotatable bonds is 11. The van der Waals surface area contributed by atoms with Crippen molar-refractivity contribution in [1.29, 1.82) is 0 Å². The second-order valence-corrected chi connectivity index (χ2v) is 10.2. The number of nitrogens with one attached hydrogen (secondary N) is 2. The molecule has 172 valence electrons. The van der Waals surface area contributed by atoms with Gasteiger partial charge in [0.05, 0.1) is 34.6 Å². The average Bonchev–Trinajstić information content (AvgIpc) is 3.48. The first kappa shape index (κ1) is 23.2. The fourth-order valence-corrected chi connectivity index (χ4v) is 5.38. The highest BCUT2D eigenvalue weighted by atomic mass is 32.2. The first-order chi connectivity index (χ1) is 15.9. The number of unbranched alkanes of at least 4 members (excludes halogenated alkanes) is 2. The number of hydrogen-bond acceptors (Lipinski definition) is 7. The van der Waals surface area contributed by atoms with Crippen molar-refractivity contribution in [2.24, 2.45) is 0 Å². The van der Waals surface area contributed by atoms with E-state index >= 15 is 0 Å². The van der Waals surface area contributed by atoms with E-state index in [9.17, 15) is 13.2 Å². The van der Waals surface area contributed by atoms with Crippen LogP contribution in [0.3, 0.4) is 0 Å². The van der Waals surface area contributed by atoms with Gasteiger partial charge in [-0.05, 0) is 43.5 Å². The monoisotopic (exact) mass is 483 g/mol. The molecule has 0 amide bonds. The van der Waals surface area contributed by atoms with Gasteiger partial charge in [-0.3, -0.25) is 0 Å². The van der Waals surface area contributed by atoms with Crippen LogP contribution in [0.2, 0.25) is 0 Å². The minimum absolute atomic E-state index is 0.138. The van der Waals surface area contributed by atoms with E-state index in [2.05, 4.69) is 23.4 Å². The molecule has 4 aromatic rings. The number of hydrogen-bond donors (Lipinski definition) is 2. The molecule has 0 saturated carbocycles. The predicted molar refractivity (Wildman–Crippen MR) is 128 cm³/mol. The Morgan fingerprint density at radius 2 is 1.85 bits per heavy atom. The van der Waals surface area contributed by atoms with Gasteiger partial charge in [0.2, 0.25) is 10.0 Å². The summed E-state index contributed by atoms with van der Waals surface area (Å²) >= 11 is 1.05. The summed E-state index contributed by atoms with van der Waals surface area (Å²) in [5.74, 6) is 0.720. The van der Waals surface area contributed by atoms with E-state index in [1.165, 1.54) is 12.1 Å². The Balaban J connectivity index is 1.55. The van der Waals surface area contributed by atoms with Crippen LogP contribution in [0.5, 0.6) is 0 Å². The Hall–Kier alpha value is -2.95. The number of aromatic amines is 1. The van der Waals surface area contributed by atoms with Gasteiger partial charge < -0.3 is 9.78 Å². The minimum atomic E-state index is -3.82. The van der Waals surface area contributed by atoms with Crippen molar-refractivity contribution >= 4 is 38.6 Å². The van der Waals surface area contributed by atoms with Crippen molar-refractivity contribution in [1.82, 2.24) is 23.4 Å². The summed E-state index contributed by atoms with van der Waals surface area (Å²) in [6, 6.07) is 13.9. The fourth-order valence-electron chi connectivity index (χ4n) is 3.61. The fraction of sp³-hybridized carbons (Fsp3) is 0.304. The molecule has 2 heterocycles. The average molecular weight is 484 g/mol. The van der Waals surface area contributed by atoms with Gasteiger partial charge in [0.25, 0.3) is 0 Å². The maximum Gasteiger partial charge on any atom is 0.241 e. The molecule has 10 heteroatoms. The highest BCUT2D eigenvalue weighted by Gasteiger charge is 2.24. The first-order valence-corrected chi connectivity index (χ1v) is 13.0. The molecule has 2 aromatic carbocycles. The first-order valence-electron chi connectivity index (χ1n) is 10.8. The van der Waals surface area contributed by atoms with E-state index in [-0.39, 0.29) is 10.7 Å². The van der Waals surface area contributed by atoms with E-state index in [1.807, 2.05) is 30.3 Å². The Labute approximate surface area is 196 Å². The normalized spacial score (nSPS) is 12.8. The molecule has 4 rings (SSSR count). The lowest BCUT2D eigenvalue weighted by atomic mass is 10.1. The quantitative estimate of drug-likeness (QED) is 0.300. The Kier molecular flexibility index (Phi) is 7.26. The van der Waals surface area contributed by atoms with E-state index in [4.69, 9.17) is 0 Å². The SMILES string of the molecule is CC(=O)CCCCC[C@H](NS(=O)(=O)c1ccc2nsnc2c1)c1ncc(-c2ccccc2)[nH]1. The maximum absolute atomic E-state index is 13.2.